The fourth-order valence-electron chi connectivity index (χ4n) is 0.998. The zero-order valence-corrected chi connectivity index (χ0v) is 9.71. The summed E-state index contributed by atoms with van der Waals surface area (Å²) in [5, 5.41) is 6.06. The van der Waals surface area contributed by atoms with Gasteiger partial charge in [0.05, 0.1) is 6.20 Å². The van der Waals surface area contributed by atoms with Gasteiger partial charge in [0.25, 0.3) is 0 Å². The molecule has 86 valence electrons. The predicted octanol–water partition coefficient (Wildman–Crippen LogP) is -0.360. The van der Waals surface area contributed by atoms with Gasteiger partial charge in [0.15, 0.2) is 0 Å². The SMILES string of the molecule is CCN(C)CCNS(=O)(=O)c1cn[nH]c1. The number of sulfonamides is 1. The van der Waals surface area contributed by atoms with Crippen molar-refractivity contribution in [3.05, 3.63) is 12.4 Å². The van der Waals surface area contributed by atoms with Crippen LogP contribution in [0.1, 0.15) is 6.92 Å². The Morgan fingerprint density at radius 1 is 1.60 bits per heavy atom. The highest BCUT2D eigenvalue weighted by Crippen LogP contribution is 2.03. The number of hydrogen-bond acceptors (Lipinski definition) is 4. The minimum Gasteiger partial charge on any atom is -0.305 e. The molecule has 0 aliphatic heterocycles. The number of nitrogens with zero attached hydrogens (tertiary/aromatic N) is 2. The molecule has 0 saturated carbocycles. The second kappa shape index (κ2) is 5.24. The Bertz CT molecular complexity index is 373. The Kier molecular flexibility index (Phi) is 4.25. The van der Waals surface area contributed by atoms with Gasteiger partial charge in [0, 0.05) is 19.3 Å². The maximum Gasteiger partial charge on any atom is 0.243 e. The van der Waals surface area contributed by atoms with Crippen molar-refractivity contribution in [1.29, 1.82) is 0 Å². The van der Waals surface area contributed by atoms with Crippen molar-refractivity contribution in [2.24, 2.45) is 0 Å². The lowest BCUT2D eigenvalue weighted by Gasteiger charge is -2.13. The molecule has 1 rings (SSSR count). The fraction of sp³-hybridized carbons (Fsp3) is 0.625. The summed E-state index contributed by atoms with van der Waals surface area (Å²) >= 11 is 0. The van der Waals surface area contributed by atoms with Crippen LogP contribution in [0.25, 0.3) is 0 Å². The number of nitrogens with one attached hydrogen (secondary N) is 2. The van der Waals surface area contributed by atoms with Crippen LogP contribution in [0.3, 0.4) is 0 Å². The first kappa shape index (κ1) is 12.2. The highest BCUT2D eigenvalue weighted by atomic mass is 32.2. The van der Waals surface area contributed by atoms with E-state index in [1.807, 2.05) is 18.9 Å². The Balaban J connectivity index is 2.45. The van der Waals surface area contributed by atoms with E-state index in [2.05, 4.69) is 14.9 Å². The lowest BCUT2D eigenvalue weighted by molar-refractivity contribution is 0.358. The first-order valence-electron chi connectivity index (χ1n) is 4.73. The lowest BCUT2D eigenvalue weighted by atomic mass is 10.5. The van der Waals surface area contributed by atoms with Crippen LogP contribution >= 0.6 is 0 Å². The molecule has 1 aromatic heterocycles. The summed E-state index contributed by atoms with van der Waals surface area (Å²) in [6.07, 6.45) is 2.64. The quantitative estimate of drug-likeness (QED) is 0.702. The second-order valence-corrected chi connectivity index (χ2v) is 4.99. The number of likely N-dealkylation sites (N-methyl/N-ethyl adjacent to an activating group) is 1. The topological polar surface area (TPSA) is 78.1 Å². The number of aromatic nitrogens is 2. The van der Waals surface area contributed by atoms with Crippen LogP contribution in [0, 0.1) is 0 Å². The smallest absolute Gasteiger partial charge is 0.243 e. The van der Waals surface area contributed by atoms with Crippen LogP contribution in [0.5, 0.6) is 0 Å². The highest BCUT2D eigenvalue weighted by molar-refractivity contribution is 7.89. The van der Waals surface area contributed by atoms with Crippen LogP contribution in [0.4, 0.5) is 0 Å². The third kappa shape index (κ3) is 3.61. The van der Waals surface area contributed by atoms with Gasteiger partial charge in [-0.1, -0.05) is 6.92 Å². The van der Waals surface area contributed by atoms with Gasteiger partial charge in [-0.2, -0.15) is 5.10 Å². The van der Waals surface area contributed by atoms with E-state index in [0.717, 1.165) is 6.54 Å². The van der Waals surface area contributed by atoms with Gasteiger partial charge in [-0.25, -0.2) is 13.1 Å². The lowest BCUT2D eigenvalue weighted by Crippen LogP contribution is -2.32. The molecular weight excluding hydrogens is 216 g/mol. The molecule has 0 aliphatic carbocycles. The molecule has 0 saturated heterocycles. The molecule has 1 aromatic rings. The van der Waals surface area contributed by atoms with Crippen LogP contribution in [-0.4, -0.2) is 50.2 Å². The first-order chi connectivity index (χ1) is 7.06. The van der Waals surface area contributed by atoms with Crippen LogP contribution in [0.15, 0.2) is 17.3 Å². The van der Waals surface area contributed by atoms with Crippen molar-refractivity contribution in [1.82, 2.24) is 19.8 Å². The molecule has 2 N–H and O–H groups in total. The number of H-pyrrole nitrogens is 1. The second-order valence-electron chi connectivity index (χ2n) is 3.23. The summed E-state index contributed by atoms with van der Waals surface area (Å²) < 4.78 is 25.6. The molecule has 0 atom stereocenters. The van der Waals surface area contributed by atoms with Gasteiger partial charge in [-0.15, -0.1) is 0 Å². The fourth-order valence-corrected chi connectivity index (χ4v) is 1.92. The van der Waals surface area contributed by atoms with E-state index >= 15 is 0 Å². The zero-order chi connectivity index (χ0) is 11.3. The molecule has 0 unspecified atom stereocenters. The summed E-state index contributed by atoms with van der Waals surface area (Å²) in [7, 11) is -1.45. The number of rotatable bonds is 6. The number of aromatic amines is 1. The molecule has 1 heterocycles. The van der Waals surface area contributed by atoms with E-state index in [1.165, 1.54) is 12.4 Å². The average Bonchev–Trinajstić information content (AvgIpc) is 2.70. The van der Waals surface area contributed by atoms with E-state index in [0.29, 0.717) is 13.1 Å². The van der Waals surface area contributed by atoms with Crippen LogP contribution in [0.2, 0.25) is 0 Å². The van der Waals surface area contributed by atoms with Crippen molar-refractivity contribution >= 4 is 10.0 Å². The molecule has 0 bridgehead atoms. The van der Waals surface area contributed by atoms with Crippen molar-refractivity contribution in [3.8, 4) is 0 Å². The van der Waals surface area contributed by atoms with Gasteiger partial charge in [0.2, 0.25) is 10.0 Å². The average molecular weight is 232 g/mol. The maximum absolute atomic E-state index is 11.6. The van der Waals surface area contributed by atoms with Crippen molar-refractivity contribution in [2.45, 2.75) is 11.8 Å². The minimum atomic E-state index is -3.39. The van der Waals surface area contributed by atoms with E-state index in [9.17, 15) is 8.42 Å². The van der Waals surface area contributed by atoms with Crippen molar-refractivity contribution in [2.75, 3.05) is 26.7 Å². The minimum absolute atomic E-state index is 0.168. The van der Waals surface area contributed by atoms with E-state index in [1.54, 1.807) is 0 Å². The summed E-state index contributed by atoms with van der Waals surface area (Å²) in [6.45, 7) is 4.00. The molecule has 0 spiro atoms. The first-order valence-corrected chi connectivity index (χ1v) is 6.21. The van der Waals surface area contributed by atoms with E-state index in [4.69, 9.17) is 0 Å². The molecule has 6 nitrogen and oxygen atoms in total. The molecular formula is C8H16N4O2S. The highest BCUT2D eigenvalue weighted by Gasteiger charge is 2.13. The summed E-state index contributed by atoms with van der Waals surface area (Å²) in [4.78, 5) is 2.19. The Hall–Kier alpha value is -0.920. The van der Waals surface area contributed by atoms with Crippen LogP contribution < -0.4 is 4.72 Å². The van der Waals surface area contributed by atoms with Gasteiger partial charge in [-0.3, -0.25) is 5.10 Å². The van der Waals surface area contributed by atoms with Gasteiger partial charge in [0.1, 0.15) is 4.90 Å². The monoisotopic (exact) mass is 232 g/mol. The van der Waals surface area contributed by atoms with Crippen LogP contribution in [-0.2, 0) is 10.0 Å². The van der Waals surface area contributed by atoms with E-state index in [-0.39, 0.29) is 4.90 Å². The predicted molar refractivity (Wildman–Crippen MR) is 56.9 cm³/mol. The molecule has 0 radical (unpaired) electrons. The molecule has 0 aliphatic rings. The molecule has 0 fully saturated rings. The molecule has 0 amide bonds. The Labute approximate surface area is 89.7 Å². The maximum atomic E-state index is 11.6. The molecule has 0 aromatic carbocycles. The van der Waals surface area contributed by atoms with Gasteiger partial charge >= 0.3 is 0 Å². The third-order valence-corrected chi connectivity index (χ3v) is 3.54. The number of hydrogen-bond donors (Lipinski definition) is 2. The largest absolute Gasteiger partial charge is 0.305 e. The van der Waals surface area contributed by atoms with Gasteiger partial charge < -0.3 is 4.90 Å². The summed E-state index contributed by atoms with van der Waals surface area (Å²) in [5.41, 5.74) is 0. The Morgan fingerprint density at radius 2 is 2.33 bits per heavy atom. The van der Waals surface area contributed by atoms with Gasteiger partial charge in [-0.05, 0) is 13.6 Å². The van der Waals surface area contributed by atoms with Crippen molar-refractivity contribution < 1.29 is 8.42 Å². The van der Waals surface area contributed by atoms with Crippen molar-refractivity contribution in [3.63, 3.8) is 0 Å². The zero-order valence-electron chi connectivity index (χ0n) is 8.90. The van der Waals surface area contributed by atoms with E-state index < -0.39 is 10.0 Å². The molecule has 7 heteroatoms. The third-order valence-electron chi connectivity index (χ3n) is 2.11. The summed E-state index contributed by atoms with van der Waals surface area (Å²) in [5.74, 6) is 0. The normalized spacial score (nSPS) is 12.2. The summed E-state index contributed by atoms with van der Waals surface area (Å²) in [6, 6.07) is 0. The standard InChI is InChI=1S/C8H16N4O2S/c1-3-12(2)5-4-11-15(13,14)8-6-9-10-7-8/h6-7,11H,3-5H2,1-2H3,(H,9,10). The molecule has 15 heavy (non-hydrogen) atoms. The Morgan fingerprint density at radius 3 is 2.87 bits per heavy atom.